The normalized spacial score (nSPS) is 11.8. The number of sulfonamides is 1. The van der Waals surface area contributed by atoms with Gasteiger partial charge in [-0.3, -0.25) is 4.72 Å². The molecule has 186 valence electrons. The second kappa shape index (κ2) is 9.94. The van der Waals surface area contributed by atoms with Crippen molar-refractivity contribution < 1.29 is 26.3 Å². The van der Waals surface area contributed by atoms with E-state index in [1.54, 1.807) is 43.6 Å². The van der Waals surface area contributed by atoms with Crippen molar-refractivity contribution in [2.75, 3.05) is 4.72 Å². The van der Waals surface area contributed by atoms with E-state index >= 15 is 0 Å². The van der Waals surface area contributed by atoms with Gasteiger partial charge in [0.15, 0.2) is 0 Å². The van der Waals surface area contributed by atoms with Crippen LogP contribution in [0.4, 0.5) is 18.9 Å². The highest BCUT2D eigenvalue weighted by Gasteiger charge is 2.31. The zero-order chi connectivity index (χ0) is 25.9. The number of rotatable bonds is 7. The molecule has 0 amide bonds. The number of pyridine rings is 1. The van der Waals surface area contributed by atoms with Crippen molar-refractivity contribution in [1.29, 1.82) is 0 Å². The molecule has 11 heteroatoms. The van der Waals surface area contributed by atoms with Gasteiger partial charge >= 0.3 is 6.18 Å². The zero-order valence-corrected chi connectivity index (χ0v) is 20.1. The first-order valence-electron chi connectivity index (χ1n) is 10.8. The third kappa shape index (κ3) is 5.62. The SMILES string of the molecule is CCc1nccc(-c2cccnc2Oc2cc(NS(=O)(=O)c3cccc(C(F)(F)F)c3)ccc2C)n1. The number of halogens is 3. The summed E-state index contributed by atoms with van der Waals surface area (Å²) < 4.78 is 73.0. The molecule has 2 aromatic heterocycles. The third-order valence-electron chi connectivity index (χ3n) is 5.19. The summed E-state index contributed by atoms with van der Waals surface area (Å²) in [6.07, 6.45) is -0.821. The number of aromatic nitrogens is 3. The fraction of sp³-hybridized carbons (Fsp3) is 0.160. The molecule has 36 heavy (non-hydrogen) atoms. The lowest BCUT2D eigenvalue weighted by molar-refractivity contribution is -0.137. The summed E-state index contributed by atoms with van der Waals surface area (Å²) in [5, 5.41) is 0. The van der Waals surface area contributed by atoms with Crippen molar-refractivity contribution in [2.45, 2.75) is 31.3 Å². The fourth-order valence-corrected chi connectivity index (χ4v) is 4.41. The predicted octanol–water partition coefficient (Wildman–Crippen LogP) is 6.02. The predicted molar refractivity (Wildman–Crippen MR) is 128 cm³/mol. The first-order valence-corrected chi connectivity index (χ1v) is 12.3. The standard InChI is InChI=1S/C25H21F3N4O3S/c1-3-23-29-13-11-21(31-23)20-8-5-12-30-24(20)35-22-15-18(10-9-16(22)2)32-36(33,34)19-7-4-6-17(14-19)25(26,27)28/h4-15,32H,3H2,1-2H3. The van der Waals surface area contributed by atoms with Crippen LogP contribution in [0.1, 0.15) is 23.9 Å². The summed E-state index contributed by atoms with van der Waals surface area (Å²) >= 11 is 0. The smallest absolute Gasteiger partial charge is 0.416 e. The number of hydrogen-bond acceptors (Lipinski definition) is 6. The molecule has 0 fully saturated rings. The number of ether oxygens (including phenoxy) is 1. The summed E-state index contributed by atoms with van der Waals surface area (Å²) in [6.45, 7) is 3.71. The third-order valence-corrected chi connectivity index (χ3v) is 6.57. The van der Waals surface area contributed by atoms with Gasteiger partial charge in [0, 0.05) is 24.9 Å². The van der Waals surface area contributed by atoms with Crippen LogP contribution in [0.2, 0.25) is 0 Å². The Labute approximate surface area is 206 Å². The fourth-order valence-electron chi connectivity index (χ4n) is 3.32. The number of alkyl halides is 3. The van der Waals surface area contributed by atoms with Crippen molar-refractivity contribution in [3.05, 3.63) is 90.0 Å². The molecule has 0 unspecified atom stereocenters. The Bertz CT molecular complexity index is 1510. The second-order valence-electron chi connectivity index (χ2n) is 7.78. The highest BCUT2D eigenvalue weighted by atomic mass is 32.2. The molecule has 0 atom stereocenters. The molecule has 0 aliphatic carbocycles. The molecule has 7 nitrogen and oxygen atoms in total. The minimum absolute atomic E-state index is 0.112. The minimum Gasteiger partial charge on any atom is -0.438 e. The van der Waals surface area contributed by atoms with Gasteiger partial charge in [-0.15, -0.1) is 0 Å². The number of nitrogens with zero attached hydrogens (tertiary/aromatic N) is 3. The van der Waals surface area contributed by atoms with E-state index in [0.29, 0.717) is 40.9 Å². The minimum atomic E-state index is -4.67. The van der Waals surface area contributed by atoms with Crippen LogP contribution in [-0.2, 0) is 22.6 Å². The molecule has 1 N–H and O–H groups in total. The molecule has 0 spiro atoms. The van der Waals surface area contributed by atoms with Gasteiger partial charge in [0.2, 0.25) is 5.88 Å². The molecule has 4 rings (SSSR count). The first kappa shape index (κ1) is 25.1. The second-order valence-corrected chi connectivity index (χ2v) is 9.46. The van der Waals surface area contributed by atoms with E-state index in [4.69, 9.17) is 4.74 Å². The van der Waals surface area contributed by atoms with E-state index in [-0.39, 0.29) is 11.6 Å². The van der Waals surface area contributed by atoms with Crippen LogP contribution < -0.4 is 9.46 Å². The number of nitrogens with one attached hydrogen (secondary N) is 1. The molecular weight excluding hydrogens is 493 g/mol. The average molecular weight is 515 g/mol. The molecule has 0 bridgehead atoms. The van der Waals surface area contributed by atoms with E-state index in [1.807, 2.05) is 6.92 Å². The molecule has 0 aliphatic heterocycles. The van der Waals surface area contributed by atoms with Crippen molar-refractivity contribution in [1.82, 2.24) is 15.0 Å². The Morgan fingerprint density at radius 2 is 1.78 bits per heavy atom. The van der Waals surface area contributed by atoms with E-state index < -0.39 is 26.7 Å². The van der Waals surface area contributed by atoms with Crippen LogP contribution in [0.25, 0.3) is 11.3 Å². The van der Waals surface area contributed by atoms with Gasteiger partial charge in [0.05, 0.1) is 27.4 Å². The Morgan fingerprint density at radius 1 is 0.972 bits per heavy atom. The van der Waals surface area contributed by atoms with Crippen LogP contribution in [0.5, 0.6) is 11.6 Å². The summed E-state index contributed by atoms with van der Waals surface area (Å²) in [7, 11) is -4.30. The van der Waals surface area contributed by atoms with Crippen LogP contribution in [0, 0.1) is 6.92 Å². The van der Waals surface area contributed by atoms with Gasteiger partial charge in [-0.25, -0.2) is 23.4 Å². The average Bonchev–Trinajstić information content (AvgIpc) is 2.86. The Balaban J connectivity index is 1.64. The Morgan fingerprint density at radius 3 is 2.53 bits per heavy atom. The summed E-state index contributed by atoms with van der Waals surface area (Å²) in [5.41, 5.74) is 0.969. The highest BCUT2D eigenvalue weighted by molar-refractivity contribution is 7.92. The van der Waals surface area contributed by atoms with E-state index in [0.717, 1.165) is 18.2 Å². The molecule has 2 aromatic carbocycles. The van der Waals surface area contributed by atoms with Gasteiger partial charge in [-0.1, -0.05) is 19.1 Å². The zero-order valence-electron chi connectivity index (χ0n) is 19.2. The van der Waals surface area contributed by atoms with Crippen LogP contribution >= 0.6 is 0 Å². The molecule has 0 saturated carbocycles. The van der Waals surface area contributed by atoms with E-state index in [2.05, 4.69) is 19.7 Å². The van der Waals surface area contributed by atoms with Crippen LogP contribution in [-0.4, -0.2) is 23.4 Å². The number of aryl methyl sites for hydroxylation is 2. The molecular formula is C25H21F3N4O3S. The lowest BCUT2D eigenvalue weighted by Gasteiger charge is -2.14. The van der Waals surface area contributed by atoms with Crippen molar-refractivity contribution in [2.24, 2.45) is 0 Å². The number of anilines is 1. The maximum atomic E-state index is 13.0. The molecule has 0 radical (unpaired) electrons. The first-order chi connectivity index (χ1) is 17.1. The van der Waals surface area contributed by atoms with Crippen LogP contribution in [0.3, 0.4) is 0 Å². The molecule has 4 aromatic rings. The quantitative estimate of drug-likeness (QED) is 0.324. The number of hydrogen-bond donors (Lipinski definition) is 1. The van der Waals surface area contributed by atoms with Crippen molar-refractivity contribution in [3.63, 3.8) is 0 Å². The van der Waals surface area contributed by atoms with Gasteiger partial charge in [0.25, 0.3) is 10.0 Å². The number of benzene rings is 2. The van der Waals surface area contributed by atoms with Crippen molar-refractivity contribution in [3.8, 4) is 22.9 Å². The largest absolute Gasteiger partial charge is 0.438 e. The topological polar surface area (TPSA) is 94.1 Å². The summed E-state index contributed by atoms with van der Waals surface area (Å²) in [4.78, 5) is 12.5. The molecule has 2 heterocycles. The van der Waals surface area contributed by atoms with Crippen LogP contribution in [0.15, 0.2) is 78.0 Å². The lowest BCUT2D eigenvalue weighted by Crippen LogP contribution is -2.14. The van der Waals surface area contributed by atoms with Gasteiger partial charge in [-0.2, -0.15) is 13.2 Å². The summed E-state index contributed by atoms with van der Waals surface area (Å²) in [5.74, 6) is 1.22. The monoisotopic (exact) mass is 514 g/mol. The summed E-state index contributed by atoms with van der Waals surface area (Å²) in [6, 6.07) is 13.3. The molecule has 0 saturated heterocycles. The van der Waals surface area contributed by atoms with Gasteiger partial charge < -0.3 is 4.74 Å². The van der Waals surface area contributed by atoms with Gasteiger partial charge in [-0.05, 0) is 55.0 Å². The maximum absolute atomic E-state index is 13.0. The Hall–Kier alpha value is -3.99. The maximum Gasteiger partial charge on any atom is 0.416 e. The van der Waals surface area contributed by atoms with E-state index in [1.165, 1.54) is 12.1 Å². The van der Waals surface area contributed by atoms with E-state index in [9.17, 15) is 21.6 Å². The van der Waals surface area contributed by atoms with Crippen molar-refractivity contribution >= 4 is 15.7 Å². The lowest BCUT2D eigenvalue weighted by atomic mass is 10.2. The highest BCUT2D eigenvalue weighted by Crippen LogP contribution is 2.34. The Kier molecular flexibility index (Phi) is 6.93. The van der Waals surface area contributed by atoms with Gasteiger partial charge in [0.1, 0.15) is 11.6 Å². The molecule has 0 aliphatic rings.